The van der Waals surface area contributed by atoms with Crippen LogP contribution in [0, 0.1) is 0 Å². The summed E-state index contributed by atoms with van der Waals surface area (Å²) >= 11 is 0. The molecule has 0 bridgehead atoms. The van der Waals surface area contributed by atoms with Crippen molar-refractivity contribution in [3.63, 3.8) is 0 Å². The van der Waals surface area contributed by atoms with Crippen molar-refractivity contribution in [1.29, 1.82) is 0 Å². The zero-order valence-electron chi connectivity index (χ0n) is 7.66. The van der Waals surface area contributed by atoms with Crippen LogP contribution in [-0.4, -0.2) is 30.6 Å². The minimum Gasteiger partial charge on any atom is -0.327 e. The van der Waals surface area contributed by atoms with Crippen LogP contribution in [0.4, 0.5) is 0 Å². The second-order valence-corrected chi connectivity index (χ2v) is 3.20. The Labute approximate surface area is 87.7 Å². The number of halogens is 2. The van der Waals surface area contributed by atoms with Crippen LogP contribution in [0.5, 0.6) is 0 Å². The zero-order chi connectivity index (χ0) is 7.40. The van der Waals surface area contributed by atoms with E-state index < -0.39 is 0 Å². The first-order valence-electron chi connectivity index (χ1n) is 4.31. The lowest BCUT2D eigenvalue weighted by Crippen LogP contribution is -2.42. The average Bonchev–Trinajstić information content (AvgIpc) is 1.88. The van der Waals surface area contributed by atoms with Crippen molar-refractivity contribution in [1.82, 2.24) is 4.90 Å². The lowest BCUT2D eigenvalue weighted by atomic mass is 10.1. The van der Waals surface area contributed by atoms with Crippen LogP contribution >= 0.6 is 24.8 Å². The summed E-state index contributed by atoms with van der Waals surface area (Å²) in [5.74, 6) is 0. The Hall–Kier alpha value is 0.500. The zero-order valence-corrected chi connectivity index (χ0v) is 9.29. The van der Waals surface area contributed by atoms with Gasteiger partial charge in [0.25, 0.3) is 0 Å². The van der Waals surface area contributed by atoms with Crippen LogP contribution in [0.2, 0.25) is 0 Å². The molecule has 1 heterocycles. The Balaban J connectivity index is 0. The third kappa shape index (κ3) is 5.20. The molecule has 1 saturated heterocycles. The fourth-order valence-corrected chi connectivity index (χ4v) is 1.61. The molecule has 2 N–H and O–H groups in total. The van der Waals surface area contributed by atoms with E-state index in [2.05, 4.69) is 11.8 Å². The molecule has 0 aromatic rings. The second kappa shape index (κ2) is 8.11. The molecule has 0 aromatic carbocycles. The summed E-state index contributed by atoms with van der Waals surface area (Å²) in [4.78, 5) is 2.47. The monoisotopic (exact) mass is 214 g/mol. The molecule has 1 fully saturated rings. The maximum atomic E-state index is 5.81. The Kier molecular flexibility index (Phi) is 10.1. The largest absolute Gasteiger partial charge is 0.327 e. The number of hydrogen-bond acceptors (Lipinski definition) is 2. The maximum Gasteiger partial charge on any atom is 0.0168 e. The predicted octanol–water partition coefficient (Wildman–Crippen LogP) is 1.66. The van der Waals surface area contributed by atoms with Crippen molar-refractivity contribution < 1.29 is 0 Å². The van der Waals surface area contributed by atoms with Gasteiger partial charge < -0.3 is 10.6 Å². The molecular formula is C8H20Cl2N2. The molecule has 0 spiro atoms. The highest BCUT2D eigenvalue weighted by atomic mass is 35.5. The van der Waals surface area contributed by atoms with Crippen LogP contribution in [0.1, 0.15) is 26.2 Å². The quantitative estimate of drug-likeness (QED) is 0.759. The van der Waals surface area contributed by atoms with E-state index in [4.69, 9.17) is 5.73 Å². The number of nitrogens with two attached hydrogens (primary N) is 1. The number of rotatable bonds is 2. The van der Waals surface area contributed by atoms with E-state index in [9.17, 15) is 0 Å². The number of likely N-dealkylation sites (tertiary alicyclic amines) is 1. The van der Waals surface area contributed by atoms with E-state index in [0.717, 1.165) is 6.54 Å². The molecule has 0 saturated carbocycles. The summed E-state index contributed by atoms with van der Waals surface area (Å²) in [6, 6.07) is 0.445. The van der Waals surface area contributed by atoms with E-state index in [-0.39, 0.29) is 24.8 Å². The van der Waals surface area contributed by atoms with Gasteiger partial charge in [-0.25, -0.2) is 0 Å². The summed E-state index contributed by atoms with van der Waals surface area (Å²) < 4.78 is 0. The van der Waals surface area contributed by atoms with Crippen LogP contribution in [0.15, 0.2) is 0 Å². The Morgan fingerprint density at radius 3 is 2.58 bits per heavy atom. The molecule has 1 aliphatic rings. The molecule has 4 heteroatoms. The van der Waals surface area contributed by atoms with Crippen molar-refractivity contribution in [3.8, 4) is 0 Å². The molecule has 1 aliphatic heterocycles. The first-order chi connectivity index (χ1) is 4.83. The molecule has 76 valence electrons. The third-order valence-corrected chi connectivity index (χ3v) is 2.08. The summed E-state index contributed by atoms with van der Waals surface area (Å²) in [5, 5.41) is 0. The standard InChI is InChI=1S/C8H18N2.2ClH/c1-2-5-10-6-3-4-8(9)7-10;;/h8H,2-7,9H2,1H3;2*1H/t8-;;/m1../s1. The van der Waals surface area contributed by atoms with Gasteiger partial charge in [0.05, 0.1) is 0 Å². The van der Waals surface area contributed by atoms with Crippen molar-refractivity contribution in [2.75, 3.05) is 19.6 Å². The molecule has 0 aromatic heterocycles. The maximum absolute atomic E-state index is 5.81. The summed E-state index contributed by atoms with van der Waals surface area (Å²) in [6.45, 7) is 5.84. The van der Waals surface area contributed by atoms with Crippen LogP contribution in [0.25, 0.3) is 0 Å². The van der Waals surface area contributed by atoms with Gasteiger partial charge in [-0.1, -0.05) is 6.92 Å². The molecular weight excluding hydrogens is 195 g/mol. The lowest BCUT2D eigenvalue weighted by molar-refractivity contribution is 0.209. The first-order valence-corrected chi connectivity index (χ1v) is 4.31. The number of piperidine rings is 1. The molecule has 0 radical (unpaired) electrons. The van der Waals surface area contributed by atoms with E-state index >= 15 is 0 Å². The molecule has 2 nitrogen and oxygen atoms in total. The molecule has 1 rings (SSSR count). The second-order valence-electron chi connectivity index (χ2n) is 3.20. The minimum atomic E-state index is 0. The Morgan fingerprint density at radius 1 is 1.42 bits per heavy atom. The molecule has 1 atom stereocenters. The normalized spacial score (nSPS) is 24.0. The Bertz CT molecular complexity index is 99.1. The lowest BCUT2D eigenvalue weighted by Gasteiger charge is -2.30. The molecule has 0 aliphatic carbocycles. The van der Waals surface area contributed by atoms with E-state index in [0.29, 0.717) is 6.04 Å². The van der Waals surface area contributed by atoms with Crippen LogP contribution in [0.3, 0.4) is 0 Å². The van der Waals surface area contributed by atoms with E-state index in [1.54, 1.807) is 0 Å². The molecule has 0 amide bonds. The Morgan fingerprint density at radius 2 is 2.08 bits per heavy atom. The van der Waals surface area contributed by atoms with Gasteiger partial charge in [0.2, 0.25) is 0 Å². The minimum absolute atomic E-state index is 0. The summed E-state index contributed by atoms with van der Waals surface area (Å²) in [5.41, 5.74) is 5.81. The smallest absolute Gasteiger partial charge is 0.0168 e. The predicted molar refractivity (Wildman–Crippen MR) is 58.4 cm³/mol. The van der Waals surface area contributed by atoms with Crippen molar-refractivity contribution >= 4 is 24.8 Å². The SMILES string of the molecule is CCCN1CCC[C@@H](N)C1.Cl.Cl. The molecule has 12 heavy (non-hydrogen) atoms. The number of hydrogen-bond donors (Lipinski definition) is 1. The highest BCUT2D eigenvalue weighted by Gasteiger charge is 2.14. The fraction of sp³-hybridized carbons (Fsp3) is 1.00. The average molecular weight is 215 g/mol. The summed E-state index contributed by atoms with van der Waals surface area (Å²) in [6.07, 6.45) is 3.77. The van der Waals surface area contributed by atoms with Gasteiger partial charge in [-0.05, 0) is 32.4 Å². The third-order valence-electron chi connectivity index (χ3n) is 2.08. The van der Waals surface area contributed by atoms with Gasteiger partial charge >= 0.3 is 0 Å². The van der Waals surface area contributed by atoms with Gasteiger partial charge in [0.15, 0.2) is 0 Å². The van der Waals surface area contributed by atoms with Crippen LogP contribution in [-0.2, 0) is 0 Å². The van der Waals surface area contributed by atoms with Crippen LogP contribution < -0.4 is 5.73 Å². The fourth-order valence-electron chi connectivity index (χ4n) is 1.61. The highest BCUT2D eigenvalue weighted by molar-refractivity contribution is 5.85. The summed E-state index contributed by atoms with van der Waals surface area (Å²) in [7, 11) is 0. The molecule has 0 unspecified atom stereocenters. The topological polar surface area (TPSA) is 29.3 Å². The van der Waals surface area contributed by atoms with Gasteiger partial charge in [0, 0.05) is 12.6 Å². The highest BCUT2D eigenvalue weighted by Crippen LogP contribution is 2.07. The van der Waals surface area contributed by atoms with Gasteiger partial charge in [-0.3, -0.25) is 0 Å². The number of nitrogens with zero attached hydrogens (tertiary/aromatic N) is 1. The van der Waals surface area contributed by atoms with Crippen molar-refractivity contribution in [2.24, 2.45) is 5.73 Å². The van der Waals surface area contributed by atoms with Gasteiger partial charge in [-0.15, -0.1) is 24.8 Å². The van der Waals surface area contributed by atoms with Crippen molar-refractivity contribution in [2.45, 2.75) is 32.2 Å². The van der Waals surface area contributed by atoms with Crippen molar-refractivity contribution in [3.05, 3.63) is 0 Å². The van der Waals surface area contributed by atoms with Gasteiger partial charge in [-0.2, -0.15) is 0 Å². The van der Waals surface area contributed by atoms with E-state index in [1.807, 2.05) is 0 Å². The first kappa shape index (κ1) is 15.0. The van der Waals surface area contributed by atoms with E-state index in [1.165, 1.54) is 32.4 Å². The van der Waals surface area contributed by atoms with Gasteiger partial charge in [0.1, 0.15) is 0 Å².